The number of ether oxygens (including phenoxy) is 1. The molecule has 3 aromatic carbocycles. The fourth-order valence-electron chi connectivity index (χ4n) is 9.46. The van der Waals surface area contributed by atoms with E-state index in [-0.39, 0.29) is 36.5 Å². The van der Waals surface area contributed by atoms with Crippen LogP contribution >= 0.6 is 23.2 Å². The van der Waals surface area contributed by atoms with Gasteiger partial charge in [-0.3, -0.25) is 19.2 Å². The molecule has 13 nitrogen and oxygen atoms in total. The number of benzene rings is 3. The molecule has 3 aromatic heterocycles. The summed E-state index contributed by atoms with van der Waals surface area (Å²) in [5, 5.41) is 17.8. The lowest BCUT2D eigenvalue weighted by Crippen LogP contribution is -2.48. The average molecular weight is 882 g/mol. The van der Waals surface area contributed by atoms with Crippen LogP contribution in [0.2, 0.25) is 10.0 Å². The fraction of sp³-hybridized carbons (Fsp3) is 0.404. The van der Waals surface area contributed by atoms with Crippen LogP contribution in [-0.2, 0) is 25.3 Å². The van der Waals surface area contributed by atoms with Crippen molar-refractivity contribution in [3.8, 4) is 16.9 Å². The van der Waals surface area contributed by atoms with Gasteiger partial charge in [-0.25, -0.2) is 4.79 Å². The molecule has 8 rings (SSSR count). The van der Waals surface area contributed by atoms with Crippen molar-refractivity contribution in [2.24, 2.45) is 14.1 Å². The highest BCUT2D eigenvalue weighted by atomic mass is 35.5. The number of rotatable bonds is 11. The zero-order valence-corrected chi connectivity index (χ0v) is 38.4. The summed E-state index contributed by atoms with van der Waals surface area (Å²) in [7, 11) is 7.49. The van der Waals surface area contributed by atoms with E-state index in [1.54, 1.807) is 40.7 Å². The second-order valence-electron chi connectivity index (χ2n) is 17.1. The number of aromatic nitrogens is 4. The molecule has 0 bridgehead atoms. The maximum absolute atomic E-state index is 15.6. The molecule has 2 aliphatic rings. The molecule has 1 saturated heterocycles. The van der Waals surface area contributed by atoms with Crippen LogP contribution in [0.4, 0.5) is 11.4 Å². The minimum atomic E-state index is -1.09. The molecule has 0 radical (unpaired) electrons. The molecule has 1 atom stereocenters. The summed E-state index contributed by atoms with van der Waals surface area (Å²) in [6.45, 7) is 14.2. The van der Waals surface area contributed by atoms with E-state index in [1.165, 1.54) is 0 Å². The number of fused-ring (bicyclic) bond motifs is 4. The lowest BCUT2D eigenvalue weighted by Gasteiger charge is -2.35. The predicted octanol–water partition coefficient (Wildman–Crippen LogP) is 8.22. The maximum atomic E-state index is 15.6. The first-order chi connectivity index (χ1) is 29.5. The number of hydrogen-bond donors (Lipinski definition) is 1. The molecule has 15 heteroatoms. The third-order valence-corrected chi connectivity index (χ3v) is 13.8. The van der Waals surface area contributed by atoms with Gasteiger partial charge in [0.05, 0.1) is 46.2 Å². The minimum absolute atomic E-state index is 0.0883. The van der Waals surface area contributed by atoms with Gasteiger partial charge in [-0.15, -0.1) is 0 Å². The number of carbonyl (C=O) groups excluding carboxylic acids is 2. The molecule has 2 aliphatic heterocycles. The normalized spacial score (nSPS) is 16.1. The molecule has 1 N–H and O–H groups in total. The Bertz CT molecular complexity index is 2770. The summed E-state index contributed by atoms with van der Waals surface area (Å²) in [5.41, 5.74) is 9.41. The van der Waals surface area contributed by atoms with Gasteiger partial charge < -0.3 is 33.7 Å². The summed E-state index contributed by atoms with van der Waals surface area (Å²) in [6, 6.07) is 11.1. The van der Waals surface area contributed by atoms with Gasteiger partial charge in [0.2, 0.25) is 5.91 Å². The number of halogens is 2. The van der Waals surface area contributed by atoms with Crippen molar-refractivity contribution in [3.63, 3.8) is 0 Å². The van der Waals surface area contributed by atoms with E-state index in [4.69, 9.17) is 33.0 Å². The Hall–Kier alpha value is -5.34. The Morgan fingerprint density at radius 3 is 2.27 bits per heavy atom. The van der Waals surface area contributed by atoms with E-state index < -0.39 is 5.97 Å². The van der Waals surface area contributed by atoms with Crippen molar-refractivity contribution >= 4 is 74.2 Å². The lowest BCUT2D eigenvalue weighted by molar-refractivity contribution is -0.119. The summed E-state index contributed by atoms with van der Waals surface area (Å²) >= 11 is 13.6. The van der Waals surface area contributed by atoms with Gasteiger partial charge in [-0.1, -0.05) is 29.3 Å². The molecule has 0 aliphatic carbocycles. The van der Waals surface area contributed by atoms with E-state index in [0.717, 1.165) is 87.1 Å². The number of piperazine rings is 1. The van der Waals surface area contributed by atoms with Crippen molar-refractivity contribution in [3.05, 3.63) is 92.0 Å². The van der Waals surface area contributed by atoms with E-state index in [9.17, 15) is 14.7 Å². The fourth-order valence-corrected chi connectivity index (χ4v) is 9.82. The van der Waals surface area contributed by atoms with Crippen molar-refractivity contribution in [1.82, 2.24) is 28.7 Å². The Balaban J connectivity index is 1.26. The molecule has 62 heavy (non-hydrogen) atoms. The highest BCUT2D eigenvalue weighted by molar-refractivity contribution is 6.35. The van der Waals surface area contributed by atoms with Crippen LogP contribution in [0, 0.1) is 27.7 Å². The monoisotopic (exact) mass is 880 g/mol. The quantitative estimate of drug-likeness (QED) is 0.129. The SMILES string of the molecule is Cc1cc(OCCCc2c3n(c4c(-c5c(C)nn(C)c5C)c(Cl)ccc24)[C@H](C)CN(c2cc(N(C)C(=O)CN4CCN(C)CC4)cc4c(C(=O)O)cn(C)c24)C3=O)cc(C)c1Cl. The molecule has 1 fully saturated rings. The second kappa shape index (κ2) is 16.7. The number of carbonyl (C=O) groups is 3. The van der Waals surface area contributed by atoms with Gasteiger partial charge in [-0.05, 0) is 102 Å². The Kier molecular flexibility index (Phi) is 11.7. The van der Waals surface area contributed by atoms with Crippen LogP contribution in [0.1, 0.15) is 68.3 Å². The number of anilines is 2. The van der Waals surface area contributed by atoms with Crippen LogP contribution in [0.3, 0.4) is 0 Å². The number of carboxylic acids is 1. The smallest absolute Gasteiger partial charge is 0.337 e. The third kappa shape index (κ3) is 7.52. The molecule has 0 unspecified atom stereocenters. The van der Waals surface area contributed by atoms with Gasteiger partial charge in [-0.2, -0.15) is 5.10 Å². The van der Waals surface area contributed by atoms with Crippen LogP contribution < -0.4 is 14.5 Å². The Morgan fingerprint density at radius 1 is 0.935 bits per heavy atom. The van der Waals surface area contributed by atoms with Crippen LogP contribution in [0.5, 0.6) is 5.75 Å². The molecule has 326 valence electrons. The first-order valence-electron chi connectivity index (χ1n) is 21.1. The zero-order valence-electron chi connectivity index (χ0n) is 36.9. The molecule has 0 saturated carbocycles. The van der Waals surface area contributed by atoms with Gasteiger partial charge in [0.15, 0.2) is 0 Å². The lowest BCUT2D eigenvalue weighted by atomic mass is 9.98. The first kappa shape index (κ1) is 43.3. The van der Waals surface area contributed by atoms with Crippen molar-refractivity contribution in [1.29, 1.82) is 0 Å². The van der Waals surface area contributed by atoms with Crippen molar-refractivity contribution in [2.75, 3.05) is 69.8 Å². The number of amides is 2. The number of hydrogen-bond acceptors (Lipinski definition) is 7. The maximum Gasteiger partial charge on any atom is 0.337 e. The highest BCUT2D eigenvalue weighted by Crippen LogP contribution is 2.46. The van der Waals surface area contributed by atoms with Gasteiger partial charge in [0, 0.05) is 104 Å². The summed E-state index contributed by atoms with van der Waals surface area (Å²) in [6.07, 6.45) is 2.70. The van der Waals surface area contributed by atoms with Crippen LogP contribution in [-0.4, -0.2) is 112 Å². The largest absolute Gasteiger partial charge is 0.494 e. The number of aryl methyl sites for hydroxylation is 6. The molecular formula is C47H54Cl2N8O5. The van der Waals surface area contributed by atoms with Gasteiger partial charge in [0.1, 0.15) is 11.4 Å². The molecular weight excluding hydrogens is 827 g/mol. The van der Waals surface area contributed by atoms with E-state index in [2.05, 4.69) is 28.3 Å². The summed E-state index contributed by atoms with van der Waals surface area (Å²) in [5.74, 6) is -0.712. The first-order valence-corrected chi connectivity index (χ1v) is 21.8. The third-order valence-electron chi connectivity index (χ3n) is 12.8. The summed E-state index contributed by atoms with van der Waals surface area (Å²) in [4.78, 5) is 49.9. The van der Waals surface area contributed by atoms with Gasteiger partial charge >= 0.3 is 5.97 Å². The van der Waals surface area contributed by atoms with Crippen molar-refractivity contribution in [2.45, 2.75) is 53.5 Å². The number of carboxylic acid groups (broad SMARTS) is 1. The summed E-state index contributed by atoms with van der Waals surface area (Å²) < 4.78 is 12.0. The Labute approximate surface area is 371 Å². The van der Waals surface area contributed by atoms with Crippen LogP contribution in [0.25, 0.3) is 32.9 Å². The van der Waals surface area contributed by atoms with E-state index in [1.807, 2.05) is 69.8 Å². The molecule has 0 spiro atoms. The van der Waals surface area contributed by atoms with E-state index in [0.29, 0.717) is 52.4 Å². The topological polar surface area (TPSA) is 121 Å². The molecule has 5 heterocycles. The highest BCUT2D eigenvalue weighted by Gasteiger charge is 2.38. The standard InChI is InChI=1S/C47H54Cl2N8O5/c1-26-19-32(20-27(2)42(26)49)62-18-10-11-33-34-12-13-37(48)41(40-29(4)50-54(9)30(40)5)44(34)57-28(3)23-56(46(59)45(33)57)38-22-31(21-35-36(47(60)61)24-52(7)43(35)38)53(8)39(58)25-55-16-14-51(6)15-17-55/h12-13,19-22,24,28H,10-11,14-18,23,25H2,1-9H3,(H,60,61)/t28-/m1/s1. The molecule has 2 amide bonds. The number of aromatic carboxylic acids is 1. The Morgan fingerprint density at radius 2 is 1.63 bits per heavy atom. The second-order valence-corrected chi connectivity index (χ2v) is 17.9. The predicted molar refractivity (Wildman–Crippen MR) is 247 cm³/mol. The van der Waals surface area contributed by atoms with Crippen LogP contribution in [0.15, 0.2) is 42.6 Å². The zero-order chi connectivity index (χ0) is 44.5. The number of nitrogens with zero attached hydrogens (tertiary/aromatic N) is 8. The molecule has 6 aromatic rings. The van der Waals surface area contributed by atoms with Crippen molar-refractivity contribution < 1.29 is 24.2 Å². The number of likely N-dealkylation sites (N-methyl/N-ethyl adjacent to an activating group) is 2. The minimum Gasteiger partial charge on any atom is -0.494 e. The average Bonchev–Trinajstić information content (AvgIpc) is 3.84. The van der Waals surface area contributed by atoms with Gasteiger partial charge in [0.25, 0.3) is 5.91 Å². The van der Waals surface area contributed by atoms with E-state index >= 15 is 4.79 Å².